The Hall–Kier alpha value is -4.48. The Kier molecular flexibility index (Phi) is 6.82. The first-order chi connectivity index (χ1) is 19.4. The normalized spacial score (nSPS) is 15.3. The summed E-state index contributed by atoms with van der Waals surface area (Å²) in [5.74, 6) is -1.07. The molecule has 2 amide bonds. The molecular formula is C29H26FN7O2S. The number of halogens is 1. The van der Waals surface area contributed by atoms with Gasteiger partial charge in [-0.05, 0) is 61.3 Å². The zero-order valence-electron chi connectivity index (χ0n) is 21.7. The molecule has 6 rings (SSSR count). The van der Waals surface area contributed by atoms with E-state index in [1.807, 2.05) is 24.3 Å². The zero-order valence-corrected chi connectivity index (χ0v) is 22.5. The summed E-state index contributed by atoms with van der Waals surface area (Å²) in [5, 5.41) is 12.1. The van der Waals surface area contributed by atoms with Gasteiger partial charge < -0.3 is 11.1 Å². The van der Waals surface area contributed by atoms with Crippen molar-refractivity contribution in [3.8, 4) is 21.7 Å². The number of aromatic nitrogens is 4. The fourth-order valence-corrected chi connectivity index (χ4v) is 6.08. The fourth-order valence-electron chi connectivity index (χ4n) is 5.03. The summed E-state index contributed by atoms with van der Waals surface area (Å²) in [6.45, 7) is 1.44. The molecule has 4 heterocycles. The summed E-state index contributed by atoms with van der Waals surface area (Å²) >= 11 is 1.56. The molecule has 9 nitrogen and oxygen atoms in total. The molecule has 1 fully saturated rings. The molecule has 1 aliphatic heterocycles. The van der Waals surface area contributed by atoms with Crippen molar-refractivity contribution in [1.29, 1.82) is 0 Å². The topological polar surface area (TPSA) is 119 Å². The van der Waals surface area contributed by atoms with Crippen LogP contribution >= 0.6 is 11.3 Å². The lowest BCUT2D eigenvalue weighted by Crippen LogP contribution is -2.49. The third-order valence-electron chi connectivity index (χ3n) is 7.06. The minimum absolute atomic E-state index is 0.0329. The van der Waals surface area contributed by atoms with E-state index in [-0.39, 0.29) is 11.6 Å². The van der Waals surface area contributed by atoms with E-state index in [0.717, 1.165) is 39.9 Å². The number of hydrogen-bond acceptors (Lipinski definition) is 7. The van der Waals surface area contributed by atoms with Crippen LogP contribution in [-0.4, -0.2) is 50.9 Å². The van der Waals surface area contributed by atoms with Crippen LogP contribution in [-0.2, 0) is 7.05 Å². The van der Waals surface area contributed by atoms with Crippen LogP contribution in [0.1, 0.15) is 33.6 Å². The van der Waals surface area contributed by atoms with Crippen molar-refractivity contribution < 1.29 is 14.0 Å². The first kappa shape index (κ1) is 25.8. The minimum atomic E-state index is -0.630. The van der Waals surface area contributed by atoms with Crippen LogP contribution in [0.3, 0.4) is 0 Å². The lowest BCUT2D eigenvalue weighted by Gasteiger charge is -2.34. The van der Waals surface area contributed by atoms with Gasteiger partial charge in [0.15, 0.2) is 0 Å². The number of rotatable bonds is 6. The summed E-state index contributed by atoms with van der Waals surface area (Å²) in [6.07, 6.45) is 5.02. The Morgan fingerprint density at radius 2 is 1.93 bits per heavy atom. The summed E-state index contributed by atoms with van der Waals surface area (Å²) in [6, 6.07) is 15.3. The van der Waals surface area contributed by atoms with Crippen LogP contribution in [0.15, 0.2) is 67.0 Å². The van der Waals surface area contributed by atoms with Crippen LogP contribution in [0, 0.1) is 5.82 Å². The second kappa shape index (κ2) is 10.6. The molecule has 40 heavy (non-hydrogen) atoms. The molecule has 2 aromatic carbocycles. The van der Waals surface area contributed by atoms with E-state index < -0.39 is 17.6 Å². The third-order valence-corrected chi connectivity index (χ3v) is 8.21. The lowest BCUT2D eigenvalue weighted by molar-refractivity contribution is 0.0966. The van der Waals surface area contributed by atoms with E-state index in [1.165, 1.54) is 16.8 Å². The molecule has 1 saturated heterocycles. The van der Waals surface area contributed by atoms with Crippen molar-refractivity contribution in [3.63, 3.8) is 0 Å². The number of fused-ring (bicyclic) bond motifs is 1. The molecule has 0 unspecified atom stereocenters. The molecular weight excluding hydrogens is 529 g/mol. The highest BCUT2D eigenvalue weighted by molar-refractivity contribution is 7.22. The van der Waals surface area contributed by atoms with Gasteiger partial charge in [0.2, 0.25) is 5.91 Å². The predicted molar refractivity (Wildman–Crippen MR) is 153 cm³/mol. The van der Waals surface area contributed by atoms with Gasteiger partial charge in [0.1, 0.15) is 17.3 Å². The van der Waals surface area contributed by atoms with Gasteiger partial charge in [-0.2, -0.15) is 0 Å². The van der Waals surface area contributed by atoms with E-state index in [9.17, 15) is 9.59 Å². The van der Waals surface area contributed by atoms with Crippen LogP contribution in [0.5, 0.6) is 0 Å². The van der Waals surface area contributed by atoms with Gasteiger partial charge in [0.05, 0.1) is 17.8 Å². The number of thiophene rings is 1. The number of primary amides is 1. The van der Waals surface area contributed by atoms with Gasteiger partial charge in [-0.25, -0.2) is 9.37 Å². The minimum Gasteiger partial charge on any atom is -0.366 e. The van der Waals surface area contributed by atoms with Gasteiger partial charge in [0, 0.05) is 45.9 Å². The second-order valence-electron chi connectivity index (χ2n) is 9.75. The van der Waals surface area contributed by atoms with E-state index in [0.29, 0.717) is 29.2 Å². The number of benzene rings is 2. The molecule has 202 valence electrons. The van der Waals surface area contributed by atoms with Gasteiger partial charge in [0.25, 0.3) is 5.91 Å². The quantitative estimate of drug-likeness (QED) is 0.321. The molecule has 0 radical (unpaired) electrons. The van der Waals surface area contributed by atoms with E-state index in [1.54, 1.807) is 53.9 Å². The fraction of sp³-hybridized carbons (Fsp3) is 0.207. The van der Waals surface area contributed by atoms with E-state index in [2.05, 4.69) is 20.6 Å². The first-order valence-electron chi connectivity index (χ1n) is 12.9. The van der Waals surface area contributed by atoms with E-state index >= 15 is 4.39 Å². The maximum absolute atomic E-state index is 15.5. The number of carbonyl (C=O) groups is 2. The summed E-state index contributed by atoms with van der Waals surface area (Å²) in [4.78, 5) is 32.8. The number of aryl methyl sites for hydroxylation is 1. The number of hydrogen-bond donors (Lipinski definition) is 2. The Balaban J connectivity index is 1.41. The van der Waals surface area contributed by atoms with Crippen LogP contribution in [0.25, 0.3) is 31.8 Å². The van der Waals surface area contributed by atoms with Crippen molar-refractivity contribution in [1.82, 2.24) is 25.3 Å². The molecule has 3 N–H and O–H groups in total. The van der Waals surface area contributed by atoms with Crippen molar-refractivity contribution in [3.05, 3.63) is 83.9 Å². The summed E-state index contributed by atoms with van der Waals surface area (Å²) in [7, 11) is 1.74. The van der Waals surface area contributed by atoms with Crippen molar-refractivity contribution in [2.45, 2.75) is 18.9 Å². The maximum Gasteiger partial charge on any atom is 0.262 e. The molecule has 0 bridgehead atoms. The van der Waals surface area contributed by atoms with Gasteiger partial charge in [-0.1, -0.05) is 23.4 Å². The number of nitrogens with two attached hydrogens (primary N) is 1. The Morgan fingerprint density at radius 1 is 1.12 bits per heavy atom. The molecule has 1 atom stereocenters. The van der Waals surface area contributed by atoms with Crippen LogP contribution in [0.4, 0.5) is 10.2 Å². The number of anilines is 1. The molecule has 1 aliphatic rings. The standard InChI is InChI=1S/C29H26FN7O2S/c1-36-16-24(34-35-36)19-8-9-21(23(30)13-19)29(39)37(20-3-2-11-32-15-20)28-22-14-26(40-25(22)10-12-33-28)17-4-6-18(7-5-17)27(31)38/h4-10,12-14,16,20,32H,2-3,11,15H2,1H3,(H2,31,38)/t20-/m1/s1. The first-order valence-corrected chi connectivity index (χ1v) is 13.7. The highest BCUT2D eigenvalue weighted by Crippen LogP contribution is 2.39. The predicted octanol–water partition coefficient (Wildman–Crippen LogP) is 4.40. The maximum atomic E-state index is 15.5. The number of piperidine rings is 1. The van der Waals surface area contributed by atoms with Crippen LogP contribution < -0.4 is 16.0 Å². The highest BCUT2D eigenvalue weighted by atomic mass is 32.1. The Bertz CT molecular complexity index is 1720. The SMILES string of the molecule is Cn1cc(-c2ccc(C(=O)N(c3nccc4sc(-c5ccc(C(N)=O)cc5)cc34)[C@@H]3CCCNC3)c(F)c2)nn1. The number of nitrogens with zero attached hydrogens (tertiary/aromatic N) is 5. The van der Waals surface area contributed by atoms with Gasteiger partial charge in [-0.3, -0.25) is 19.2 Å². The van der Waals surface area contributed by atoms with Crippen molar-refractivity contribution >= 4 is 39.1 Å². The summed E-state index contributed by atoms with van der Waals surface area (Å²) in [5.41, 5.74) is 7.77. The molecule has 5 aromatic rings. The zero-order chi connectivity index (χ0) is 27.8. The molecule has 11 heteroatoms. The number of amides is 2. The van der Waals surface area contributed by atoms with Crippen LogP contribution in [0.2, 0.25) is 0 Å². The van der Waals surface area contributed by atoms with Crippen molar-refractivity contribution in [2.75, 3.05) is 18.0 Å². The van der Waals surface area contributed by atoms with E-state index in [4.69, 9.17) is 5.73 Å². The molecule has 0 saturated carbocycles. The third kappa shape index (κ3) is 4.85. The molecule has 3 aromatic heterocycles. The second-order valence-corrected chi connectivity index (χ2v) is 10.8. The summed E-state index contributed by atoms with van der Waals surface area (Å²) < 4.78 is 18.0. The smallest absolute Gasteiger partial charge is 0.262 e. The van der Waals surface area contributed by atoms with Gasteiger partial charge in [-0.15, -0.1) is 16.4 Å². The number of nitrogens with one attached hydrogen (secondary N) is 1. The van der Waals surface area contributed by atoms with Gasteiger partial charge >= 0.3 is 0 Å². The number of carbonyl (C=O) groups excluding carboxylic acids is 2. The largest absolute Gasteiger partial charge is 0.366 e. The Labute approximate surface area is 233 Å². The number of pyridine rings is 1. The van der Waals surface area contributed by atoms with Crippen molar-refractivity contribution in [2.24, 2.45) is 12.8 Å². The average Bonchev–Trinajstić information content (AvgIpc) is 3.61. The lowest BCUT2D eigenvalue weighted by atomic mass is 10.0. The Morgan fingerprint density at radius 3 is 2.60 bits per heavy atom. The average molecular weight is 556 g/mol. The monoisotopic (exact) mass is 555 g/mol. The molecule has 0 aliphatic carbocycles. The highest BCUT2D eigenvalue weighted by Gasteiger charge is 2.32. The molecule has 0 spiro atoms.